The van der Waals surface area contributed by atoms with E-state index in [2.05, 4.69) is 10.2 Å². The summed E-state index contributed by atoms with van der Waals surface area (Å²) in [5.74, 6) is 0.847. The predicted octanol–water partition coefficient (Wildman–Crippen LogP) is 4.74. The van der Waals surface area contributed by atoms with Crippen LogP contribution in [0.1, 0.15) is 13.8 Å². The first-order valence-corrected chi connectivity index (χ1v) is 7.21. The van der Waals surface area contributed by atoms with Crippen molar-refractivity contribution < 1.29 is 4.74 Å². The highest BCUT2D eigenvalue weighted by Gasteiger charge is 2.09. The van der Waals surface area contributed by atoms with E-state index in [9.17, 15) is 0 Å². The second-order valence-corrected chi connectivity index (χ2v) is 5.43. The smallest absolute Gasteiger partial charge is 0.159 e. The predicted molar refractivity (Wildman–Crippen MR) is 85.7 cm³/mol. The average Bonchev–Trinajstić information content (AvgIpc) is 2.48. The minimum Gasteiger partial charge on any atom is -0.491 e. The molecule has 2 aromatic carbocycles. The fraction of sp³-hybridized carbons (Fsp3) is 0.176. The fourth-order valence-electron chi connectivity index (χ4n) is 2.25. The normalized spacial score (nSPS) is 11.0. The van der Waals surface area contributed by atoms with Gasteiger partial charge in [0.15, 0.2) is 5.15 Å². The Labute approximate surface area is 128 Å². The highest BCUT2D eigenvalue weighted by atomic mass is 35.5. The summed E-state index contributed by atoms with van der Waals surface area (Å²) in [5.41, 5.74) is 1.82. The van der Waals surface area contributed by atoms with E-state index in [1.165, 1.54) is 0 Å². The molecule has 3 rings (SSSR count). The molecule has 0 N–H and O–H groups in total. The van der Waals surface area contributed by atoms with E-state index in [4.69, 9.17) is 16.3 Å². The maximum absolute atomic E-state index is 6.11. The van der Waals surface area contributed by atoms with Crippen molar-refractivity contribution in [2.24, 2.45) is 0 Å². The second-order valence-electron chi connectivity index (χ2n) is 5.08. The van der Waals surface area contributed by atoms with Crippen LogP contribution in [0.3, 0.4) is 0 Å². The number of halogens is 1. The van der Waals surface area contributed by atoms with Gasteiger partial charge in [-0.25, -0.2) is 0 Å². The lowest BCUT2D eigenvalue weighted by molar-refractivity contribution is 0.242. The lowest BCUT2D eigenvalue weighted by atomic mass is 10.1. The van der Waals surface area contributed by atoms with Crippen LogP contribution in [0.2, 0.25) is 5.15 Å². The van der Waals surface area contributed by atoms with Gasteiger partial charge >= 0.3 is 0 Å². The molecule has 0 radical (unpaired) electrons. The maximum atomic E-state index is 6.11. The summed E-state index contributed by atoms with van der Waals surface area (Å²) in [6.45, 7) is 4.01. The van der Waals surface area contributed by atoms with Crippen molar-refractivity contribution in [2.45, 2.75) is 20.0 Å². The van der Waals surface area contributed by atoms with E-state index < -0.39 is 0 Å². The van der Waals surface area contributed by atoms with Crippen molar-refractivity contribution in [1.29, 1.82) is 0 Å². The molecule has 0 spiro atoms. The molecule has 1 heterocycles. The summed E-state index contributed by atoms with van der Waals surface area (Å²) in [7, 11) is 0. The average molecular weight is 299 g/mol. The first-order valence-electron chi connectivity index (χ1n) is 6.83. The zero-order valence-corrected chi connectivity index (χ0v) is 12.6. The van der Waals surface area contributed by atoms with Crippen molar-refractivity contribution in [3.8, 4) is 17.0 Å². The molecule has 0 saturated heterocycles. The van der Waals surface area contributed by atoms with Crippen LogP contribution in [0.5, 0.6) is 5.75 Å². The number of nitrogens with zero attached hydrogens (tertiary/aromatic N) is 2. The molecule has 0 aliphatic heterocycles. The Hall–Kier alpha value is -2.13. The zero-order chi connectivity index (χ0) is 14.8. The van der Waals surface area contributed by atoms with Crippen molar-refractivity contribution in [3.05, 3.63) is 53.7 Å². The molecule has 0 amide bonds. The lowest BCUT2D eigenvalue weighted by Gasteiger charge is -2.10. The van der Waals surface area contributed by atoms with Gasteiger partial charge in [0.25, 0.3) is 0 Å². The molecule has 0 saturated carbocycles. The second kappa shape index (κ2) is 5.70. The number of hydrogen-bond donors (Lipinski definition) is 0. The van der Waals surface area contributed by atoms with Crippen LogP contribution < -0.4 is 4.74 Å². The van der Waals surface area contributed by atoms with Crippen LogP contribution in [0.4, 0.5) is 0 Å². The third-order valence-electron chi connectivity index (χ3n) is 3.14. The van der Waals surface area contributed by atoms with Crippen molar-refractivity contribution in [1.82, 2.24) is 10.2 Å². The Kier molecular flexibility index (Phi) is 3.76. The molecule has 0 aliphatic carbocycles. The van der Waals surface area contributed by atoms with Crippen molar-refractivity contribution >= 4 is 22.4 Å². The Bertz CT molecular complexity index is 769. The third-order valence-corrected chi connectivity index (χ3v) is 3.42. The van der Waals surface area contributed by atoms with Gasteiger partial charge in [-0.3, -0.25) is 0 Å². The molecule has 0 aliphatic rings. The number of fused-ring (bicyclic) bond motifs is 1. The topological polar surface area (TPSA) is 35.0 Å². The van der Waals surface area contributed by atoms with Crippen LogP contribution in [-0.4, -0.2) is 16.3 Å². The van der Waals surface area contributed by atoms with Gasteiger partial charge in [-0.1, -0.05) is 35.9 Å². The zero-order valence-electron chi connectivity index (χ0n) is 11.9. The van der Waals surface area contributed by atoms with Crippen LogP contribution >= 0.6 is 11.6 Å². The lowest BCUT2D eigenvalue weighted by Crippen LogP contribution is -2.05. The standard InChI is InChI=1S/C17H15ClN2O/c1-11(2)21-13-9-7-12(8-10-13)16-14-5-3-4-6-15(14)17(18)20-19-16/h3-11H,1-2H3. The Balaban J connectivity index is 2.06. The van der Waals surface area contributed by atoms with E-state index in [1.807, 2.05) is 62.4 Å². The monoisotopic (exact) mass is 298 g/mol. The molecule has 3 nitrogen and oxygen atoms in total. The van der Waals surface area contributed by atoms with Gasteiger partial charge in [0.2, 0.25) is 0 Å². The summed E-state index contributed by atoms with van der Waals surface area (Å²) in [6.07, 6.45) is 0.159. The molecule has 106 valence electrons. The molecular formula is C17H15ClN2O. The third kappa shape index (κ3) is 2.83. The van der Waals surface area contributed by atoms with Gasteiger partial charge in [0.1, 0.15) is 11.4 Å². The first-order chi connectivity index (χ1) is 10.1. The van der Waals surface area contributed by atoms with Crippen LogP contribution in [0.25, 0.3) is 22.0 Å². The van der Waals surface area contributed by atoms with Gasteiger partial charge in [-0.2, -0.15) is 0 Å². The van der Waals surface area contributed by atoms with E-state index in [1.54, 1.807) is 0 Å². The van der Waals surface area contributed by atoms with Crippen LogP contribution in [0.15, 0.2) is 48.5 Å². The summed E-state index contributed by atoms with van der Waals surface area (Å²) in [5, 5.41) is 10.6. The highest BCUT2D eigenvalue weighted by molar-refractivity contribution is 6.34. The van der Waals surface area contributed by atoms with E-state index in [0.29, 0.717) is 5.15 Å². The molecule has 21 heavy (non-hydrogen) atoms. The summed E-state index contributed by atoms with van der Waals surface area (Å²) >= 11 is 6.11. The van der Waals surface area contributed by atoms with Crippen LogP contribution in [0, 0.1) is 0 Å². The van der Waals surface area contributed by atoms with E-state index in [0.717, 1.165) is 27.8 Å². The molecule has 1 aromatic heterocycles. The molecular weight excluding hydrogens is 284 g/mol. The minimum atomic E-state index is 0.159. The van der Waals surface area contributed by atoms with Crippen molar-refractivity contribution in [3.63, 3.8) is 0 Å². The van der Waals surface area contributed by atoms with E-state index in [-0.39, 0.29) is 6.10 Å². The van der Waals surface area contributed by atoms with Crippen LogP contribution in [-0.2, 0) is 0 Å². The summed E-state index contributed by atoms with van der Waals surface area (Å²) in [4.78, 5) is 0. The minimum absolute atomic E-state index is 0.159. The quantitative estimate of drug-likeness (QED) is 0.700. The summed E-state index contributed by atoms with van der Waals surface area (Å²) < 4.78 is 5.65. The highest BCUT2D eigenvalue weighted by Crippen LogP contribution is 2.30. The first kappa shape index (κ1) is 13.8. The maximum Gasteiger partial charge on any atom is 0.159 e. The molecule has 0 bridgehead atoms. The molecule has 0 fully saturated rings. The molecule has 0 atom stereocenters. The van der Waals surface area contributed by atoms with Gasteiger partial charge in [-0.05, 0) is 38.1 Å². The Morgan fingerprint density at radius 1 is 0.905 bits per heavy atom. The number of ether oxygens (including phenoxy) is 1. The number of benzene rings is 2. The molecule has 3 aromatic rings. The SMILES string of the molecule is CC(C)Oc1ccc(-c2nnc(Cl)c3ccccc23)cc1. The van der Waals surface area contributed by atoms with Gasteiger partial charge < -0.3 is 4.74 Å². The summed E-state index contributed by atoms with van der Waals surface area (Å²) in [6, 6.07) is 15.7. The largest absolute Gasteiger partial charge is 0.491 e. The Morgan fingerprint density at radius 3 is 2.24 bits per heavy atom. The van der Waals surface area contributed by atoms with Gasteiger partial charge in [0.05, 0.1) is 6.10 Å². The number of rotatable bonds is 3. The van der Waals surface area contributed by atoms with Crippen molar-refractivity contribution in [2.75, 3.05) is 0 Å². The Morgan fingerprint density at radius 2 is 1.57 bits per heavy atom. The van der Waals surface area contributed by atoms with Gasteiger partial charge in [0, 0.05) is 16.3 Å². The van der Waals surface area contributed by atoms with E-state index >= 15 is 0 Å². The fourth-order valence-corrected chi connectivity index (χ4v) is 2.45. The molecule has 4 heteroatoms. The molecule has 0 unspecified atom stereocenters. The van der Waals surface area contributed by atoms with Gasteiger partial charge in [-0.15, -0.1) is 10.2 Å². The number of aromatic nitrogens is 2. The number of hydrogen-bond acceptors (Lipinski definition) is 3.